The minimum atomic E-state index is -0.853. The molecule has 2 unspecified atom stereocenters. The minimum Gasteiger partial charge on any atom is -0.444 e. The molecule has 1 saturated carbocycles. The van der Waals surface area contributed by atoms with Crippen LogP contribution in [0.1, 0.15) is 47.0 Å². The second-order valence-corrected chi connectivity index (χ2v) is 7.52. The number of nitrogens with two attached hydrogens (primary N) is 1. The van der Waals surface area contributed by atoms with Crippen molar-refractivity contribution >= 4 is 6.09 Å². The Morgan fingerprint density at radius 3 is 2.45 bits per heavy atom. The van der Waals surface area contributed by atoms with E-state index in [1.807, 2.05) is 20.8 Å². The SMILES string of the molecule is CC1CCCC1(CN)C1(O)CN(C(=O)OC(C)(C)C)C1. The number of hydrogen-bond donors (Lipinski definition) is 2. The second kappa shape index (κ2) is 4.88. The molecule has 116 valence electrons. The smallest absolute Gasteiger partial charge is 0.410 e. The fourth-order valence-corrected chi connectivity index (χ4v) is 3.79. The van der Waals surface area contributed by atoms with Gasteiger partial charge in [-0.2, -0.15) is 0 Å². The lowest BCUT2D eigenvalue weighted by Crippen LogP contribution is -2.73. The molecule has 5 heteroatoms. The molecule has 2 atom stereocenters. The average molecular weight is 284 g/mol. The van der Waals surface area contributed by atoms with Gasteiger partial charge in [-0.3, -0.25) is 0 Å². The van der Waals surface area contributed by atoms with E-state index in [9.17, 15) is 9.90 Å². The molecule has 0 aromatic heterocycles. The molecule has 1 aliphatic carbocycles. The van der Waals surface area contributed by atoms with Gasteiger partial charge in [0.2, 0.25) is 0 Å². The zero-order chi connectivity index (χ0) is 15.2. The molecule has 1 saturated heterocycles. The van der Waals surface area contributed by atoms with Gasteiger partial charge in [-0.25, -0.2) is 4.79 Å². The van der Waals surface area contributed by atoms with E-state index in [0.717, 1.165) is 19.3 Å². The molecule has 1 heterocycles. The standard InChI is InChI=1S/C15H28N2O3/c1-11-6-5-7-14(11,8-16)15(19)9-17(10-15)12(18)20-13(2,3)4/h11,19H,5-10,16H2,1-4H3. The largest absolute Gasteiger partial charge is 0.444 e. The quantitative estimate of drug-likeness (QED) is 0.810. The number of likely N-dealkylation sites (tertiary alicyclic amines) is 1. The van der Waals surface area contributed by atoms with Crippen molar-refractivity contribution in [2.45, 2.75) is 58.2 Å². The summed E-state index contributed by atoms with van der Waals surface area (Å²) in [6.45, 7) is 8.85. The van der Waals surface area contributed by atoms with Crippen LogP contribution in [-0.4, -0.2) is 46.9 Å². The molecule has 0 aromatic carbocycles. The summed E-state index contributed by atoms with van der Waals surface area (Å²) >= 11 is 0. The van der Waals surface area contributed by atoms with Crippen molar-refractivity contribution in [2.75, 3.05) is 19.6 Å². The Hall–Kier alpha value is -0.810. The topological polar surface area (TPSA) is 75.8 Å². The van der Waals surface area contributed by atoms with E-state index in [1.165, 1.54) is 0 Å². The van der Waals surface area contributed by atoms with Gasteiger partial charge in [0, 0.05) is 12.0 Å². The maximum Gasteiger partial charge on any atom is 0.410 e. The summed E-state index contributed by atoms with van der Waals surface area (Å²) in [5.41, 5.74) is 4.38. The van der Waals surface area contributed by atoms with E-state index in [0.29, 0.717) is 25.6 Å². The van der Waals surface area contributed by atoms with Crippen molar-refractivity contribution in [1.29, 1.82) is 0 Å². The van der Waals surface area contributed by atoms with Gasteiger partial charge in [0.15, 0.2) is 0 Å². The molecule has 0 aromatic rings. The van der Waals surface area contributed by atoms with Gasteiger partial charge in [-0.05, 0) is 33.1 Å². The van der Waals surface area contributed by atoms with Crippen LogP contribution in [-0.2, 0) is 4.74 Å². The minimum absolute atomic E-state index is 0.245. The Balaban J connectivity index is 2.02. The van der Waals surface area contributed by atoms with Crippen LogP contribution in [0.5, 0.6) is 0 Å². The highest BCUT2D eigenvalue weighted by Gasteiger charge is 2.61. The summed E-state index contributed by atoms with van der Waals surface area (Å²) in [6.07, 6.45) is 2.81. The fourth-order valence-electron chi connectivity index (χ4n) is 3.79. The summed E-state index contributed by atoms with van der Waals surface area (Å²) in [4.78, 5) is 13.6. The number of aliphatic hydroxyl groups is 1. The van der Waals surface area contributed by atoms with E-state index in [2.05, 4.69) is 6.92 Å². The molecule has 0 radical (unpaired) electrons. The Morgan fingerprint density at radius 1 is 1.45 bits per heavy atom. The predicted octanol–water partition coefficient (Wildman–Crippen LogP) is 1.73. The van der Waals surface area contributed by atoms with Gasteiger partial charge >= 0.3 is 6.09 Å². The van der Waals surface area contributed by atoms with Crippen molar-refractivity contribution in [2.24, 2.45) is 17.1 Å². The van der Waals surface area contributed by atoms with Crippen LogP contribution in [0.15, 0.2) is 0 Å². The maximum absolute atomic E-state index is 12.0. The number of hydrogen-bond acceptors (Lipinski definition) is 4. The van der Waals surface area contributed by atoms with Crippen LogP contribution in [0.25, 0.3) is 0 Å². The molecule has 20 heavy (non-hydrogen) atoms. The van der Waals surface area contributed by atoms with Crippen LogP contribution < -0.4 is 5.73 Å². The van der Waals surface area contributed by atoms with Crippen molar-refractivity contribution in [1.82, 2.24) is 4.90 Å². The van der Waals surface area contributed by atoms with E-state index >= 15 is 0 Å². The Morgan fingerprint density at radius 2 is 2.05 bits per heavy atom. The van der Waals surface area contributed by atoms with Crippen molar-refractivity contribution < 1.29 is 14.6 Å². The monoisotopic (exact) mass is 284 g/mol. The third-order valence-corrected chi connectivity index (χ3v) is 5.05. The number of amides is 1. The second-order valence-electron chi connectivity index (χ2n) is 7.52. The molecule has 5 nitrogen and oxygen atoms in total. The number of ether oxygens (including phenoxy) is 1. The van der Waals surface area contributed by atoms with Gasteiger partial charge in [0.05, 0.1) is 13.1 Å². The number of carbonyl (C=O) groups excluding carboxylic acids is 1. The van der Waals surface area contributed by atoms with E-state index in [4.69, 9.17) is 10.5 Å². The molecule has 0 spiro atoms. The molecule has 2 fully saturated rings. The molecule has 1 aliphatic heterocycles. The molecule has 0 bridgehead atoms. The predicted molar refractivity (Wildman–Crippen MR) is 77.3 cm³/mol. The number of β-amino-alcohol motifs (C(OH)–C–C–N with tert-alkyl or cyclic N) is 1. The van der Waals surface area contributed by atoms with Crippen LogP contribution >= 0.6 is 0 Å². The van der Waals surface area contributed by atoms with Gasteiger partial charge in [0.1, 0.15) is 11.2 Å². The Bertz CT molecular complexity index is 385. The van der Waals surface area contributed by atoms with Crippen molar-refractivity contribution in [3.63, 3.8) is 0 Å². The molecule has 1 amide bonds. The normalized spacial score (nSPS) is 32.9. The van der Waals surface area contributed by atoms with Crippen molar-refractivity contribution in [3.05, 3.63) is 0 Å². The molecule has 2 aliphatic rings. The van der Waals surface area contributed by atoms with Gasteiger partial charge in [0.25, 0.3) is 0 Å². The number of carbonyl (C=O) groups is 1. The highest BCUT2D eigenvalue weighted by molar-refractivity contribution is 5.69. The molecule has 2 rings (SSSR count). The summed E-state index contributed by atoms with van der Waals surface area (Å²) in [6, 6.07) is 0. The molecular weight excluding hydrogens is 256 g/mol. The first kappa shape index (κ1) is 15.6. The van der Waals surface area contributed by atoms with Crippen molar-refractivity contribution in [3.8, 4) is 0 Å². The summed E-state index contributed by atoms with van der Waals surface area (Å²) in [5, 5.41) is 10.9. The highest BCUT2D eigenvalue weighted by Crippen LogP contribution is 2.53. The summed E-state index contributed by atoms with van der Waals surface area (Å²) in [7, 11) is 0. The summed E-state index contributed by atoms with van der Waals surface area (Å²) in [5.74, 6) is 0.401. The first-order chi connectivity index (χ1) is 9.13. The van der Waals surface area contributed by atoms with E-state index < -0.39 is 11.2 Å². The van der Waals surface area contributed by atoms with Crippen LogP contribution in [0.2, 0.25) is 0 Å². The van der Waals surface area contributed by atoms with E-state index in [1.54, 1.807) is 4.90 Å². The van der Waals surface area contributed by atoms with Crippen LogP contribution in [0, 0.1) is 11.3 Å². The first-order valence-electron chi connectivity index (χ1n) is 7.54. The third-order valence-electron chi connectivity index (χ3n) is 5.05. The number of nitrogens with zero attached hydrogens (tertiary/aromatic N) is 1. The Kier molecular flexibility index (Phi) is 3.80. The summed E-state index contributed by atoms with van der Waals surface area (Å²) < 4.78 is 5.34. The molecular formula is C15H28N2O3. The molecule has 3 N–H and O–H groups in total. The third kappa shape index (κ3) is 2.42. The van der Waals surface area contributed by atoms with E-state index in [-0.39, 0.29) is 11.5 Å². The van der Waals surface area contributed by atoms with Gasteiger partial charge in [-0.1, -0.05) is 19.8 Å². The lowest BCUT2D eigenvalue weighted by Gasteiger charge is -2.57. The van der Waals surface area contributed by atoms with Gasteiger partial charge in [-0.15, -0.1) is 0 Å². The number of rotatable bonds is 2. The van der Waals surface area contributed by atoms with Crippen LogP contribution in [0.3, 0.4) is 0 Å². The zero-order valence-electron chi connectivity index (χ0n) is 13.1. The van der Waals surface area contributed by atoms with Crippen LogP contribution in [0.4, 0.5) is 4.79 Å². The fraction of sp³-hybridized carbons (Fsp3) is 0.933. The lowest BCUT2D eigenvalue weighted by molar-refractivity contribution is -0.181. The highest BCUT2D eigenvalue weighted by atomic mass is 16.6. The lowest BCUT2D eigenvalue weighted by atomic mass is 9.62. The first-order valence-corrected chi connectivity index (χ1v) is 7.54. The van der Waals surface area contributed by atoms with Gasteiger partial charge < -0.3 is 20.5 Å². The maximum atomic E-state index is 12.0. The zero-order valence-corrected chi connectivity index (χ0v) is 13.1. The average Bonchev–Trinajstić information content (AvgIpc) is 2.65. The Labute approximate surface area is 121 Å².